The number of rotatable bonds is 5. The van der Waals surface area contributed by atoms with Gasteiger partial charge in [0, 0.05) is 28.2 Å². The molecular weight excluding hydrogens is 474 g/mol. The fraction of sp³-hybridized carbons (Fsp3) is 0. The van der Waals surface area contributed by atoms with Crippen LogP contribution in [0.25, 0.3) is 44.3 Å². The van der Waals surface area contributed by atoms with Crippen molar-refractivity contribution < 1.29 is 0 Å². The highest BCUT2D eigenvalue weighted by Crippen LogP contribution is 2.38. The van der Waals surface area contributed by atoms with Crippen molar-refractivity contribution in [2.45, 2.75) is 0 Å². The standard InChI is InChI=1S/C36H25N3/c1-3-14-28(15-4-1)39(29-16-5-2-6-17-29)30-24-22-27(23-25-30)35-36(38-34-21-10-9-20-33(34)37-35)32-19-11-13-26-12-7-8-18-31(26)32/h1-25H. The Bertz CT molecular complexity index is 1850. The Hall–Kier alpha value is -5.28. The molecule has 39 heavy (non-hydrogen) atoms. The van der Waals surface area contributed by atoms with Crippen molar-refractivity contribution in [1.29, 1.82) is 0 Å². The van der Waals surface area contributed by atoms with Crippen LogP contribution >= 0.6 is 0 Å². The summed E-state index contributed by atoms with van der Waals surface area (Å²) in [6.07, 6.45) is 0. The average Bonchev–Trinajstić information content (AvgIpc) is 3.02. The van der Waals surface area contributed by atoms with E-state index in [2.05, 4.69) is 120 Å². The fourth-order valence-electron chi connectivity index (χ4n) is 5.19. The maximum absolute atomic E-state index is 5.15. The number of anilines is 3. The molecule has 0 bridgehead atoms. The number of nitrogens with zero attached hydrogens (tertiary/aromatic N) is 3. The van der Waals surface area contributed by atoms with Crippen LogP contribution in [0.1, 0.15) is 0 Å². The zero-order chi connectivity index (χ0) is 26.0. The van der Waals surface area contributed by atoms with E-state index in [0.29, 0.717) is 0 Å². The van der Waals surface area contributed by atoms with Gasteiger partial charge in [-0.05, 0) is 59.3 Å². The van der Waals surface area contributed by atoms with Crippen LogP contribution in [-0.2, 0) is 0 Å². The summed E-state index contributed by atoms with van der Waals surface area (Å²) in [5.74, 6) is 0. The van der Waals surface area contributed by atoms with E-state index in [-0.39, 0.29) is 0 Å². The van der Waals surface area contributed by atoms with E-state index in [0.717, 1.165) is 50.6 Å². The van der Waals surface area contributed by atoms with Gasteiger partial charge in [0.05, 0.1) is 22.4 Å². The van der Waals surface area contributed by atoms with Gasteiger partial charge in [0.2, 0.25) is 0 Å². The monoisotopic (exact) mass is 499 g/mol. The zero-order valence-electron chi connectivity index (χ0n) is 21.3. The van der Waals surface area contributed by atoms with Gasteiger partial charge in [-0.2, -0.15) is 0 Å². The van der Waals surface area contributed by atoms with E-state index in [1.807, 2.05) is 36.4 Å². The van der Waals surface area contributed by atoms with Crippen molar-refractivity contribution in [3.8, 4) is 22.5 Å². The van der Waals surface area contributed by atoms with Crippen LogP contribution in [0.4, 0.5) is 17.1 Å². The molecule has 0 saturated heterocycles. The quantitative estimate of drug-likeness (QED) is 0.236. The van der Waals surface area contributed by atoms with Crippen LogP contribution < -0.4 is 4.90 Å². The van der Waals surface area contributed by atoms with Gasteiger partial charge in [-0.25, -0.2) is 9.97 Å². The summed E-state index contributed by atoms with van der Waals surface area (Å²) >= 11 is 0. The van der Waals surface area contributed by atoms with E-state index >= 15 is 0 Å². The molecule has 1 heterocycles. The molecule has 0 N–H and O–H groups in total. The largest absolute Gasteiger partial charge is 0.311 e. The van der Waals surface area contributed by atoms with Crippen molar-refractivity contribution in [3.63, 3.8) is 0 Å². The molecule has 6 aromatic carbocycles. The molecule has 0 radical (unpaired) electrons. The number of benzene rings is 6. The number of hydrogen-bond acceptors (Lipinski definition) is 3. The smallest absolute Gasteiger partial charge is 0.0979 e. The second-order valence-electron chi connectivity index (χ2n) is 9.49. The van der Waals surface area contributed by atoms with Gasteiger partial charge in [-0.3, -0.25) is 0 Å². The Kier molecular flexibility index (Phi) is 5.80. The van der Waals surface area contributed by atoms with Crippen molar-refractivity contribution in [3.05, 3.63) is 152 Å². The van der Waals surface area contributed by atoms with Crippen LogP contribution in [0.3, 0.4) is 0 Å². The van der Waals surface area contributed by atoms with Crippen LogP contribution in [0.5, 0.6) is 0 Å². The molecule has 7 aromatic rings. The highest BCUT2D eigenvalue weighted by Gasteiger charge is 2.17. The van der Waals surface area contributed by atoms with Gasteiger partial charge >= 0.3 is 0 Å². The van der Waals surface area contributed by atoms with E-state index in [4.69, 9.17) is 9.97 Å². The van der Waals surface area contributed by atoms with E-state index < -0.39 is 0 Å². The number of aromatic nitrogens is 2. The van der Waals surface area contributed by atoms with Crippen LogP contribution in [0, 0.1) is 0 Å². The van der Waals surface area contributed by atoms with Crippen LogP contribution in [0.2, 0.25) is 0 Å². The van der Waals surface area contributed by atoms with Crippen molar-refractivity contribution >= 4 is 38.9 Å². The molecule has 0 amide bonds. The first-order chi connectivity index (χ1) is 19.3. The molecule has 0 aliphatic carbocycles. The second kappa shape index (κ2) is 9.88. The highest BCUT2D eigenvalue weighted by molar-refractivity contribution is 6.00. The fourth-order valence-corrected chi connectivity index (χ4v) is 5.19. The van der Waals surface area contributed by atoms with Crippen molar-refractivity contribution in [2.75, 3.05) is 4.90 Å². The van der Waals surface area contributed by atoms with E-state index in [1.54, 1.807) is 0 Å². The number of para-hydroxylation sites is 4. The lowest BCUT2D eigenvalue weighted by Crippen LogP contribution is -2.09. The molecule has 3 nitrogen and oxygen atoms in total. The van der Waals surface area contributed by atoms with Crippen molar-refractivity contribution in [2.24, 2.45) is 0 Å². The Morgan fingerprint density at radius 1 is 0.385 bits per heavy atom. The molecule has 0 atom stereocenters. The van der Waals surface area contributed by atoms with E-state index in [1.165, 1.54) is 10.8 Å². The predicted molar refractivity (Wildman–Crippen MR) is 163 cm³/mol. The molecule has 0 saturated carbocycles. The zero-order valence-corrected chi connectivity index (χ0v) is 21.3. The van der Waals surface area contributed by atoms with Crippen molar-refractivity contribution in [1.82, 2.24) is 9.97 Å². The Morgan fingerprint density at radius 2 is 0.897 bits per heavy atom. The van der Waals surface area contributed by atoms with Crippen LogP contribution in [0.15, 0.2) is 152 Å². The normalized spacial score (nSPS) is 11.1. The second-order valence-corrected chi connectivity index (χ2v) is 9.49. The molecule has 0 aliphatic heterocycles. The molecule has 0 fully saturated rings. The molecule has 0 spiro atoms. The Morgan fingerprint density at radius 3 is 1.56 bits per heavy atom. The average molecular weight is 500 g/mol. The molecule has 1 aromatic heterocycles. The predicted octanol–water partition coefficient (Wildman–Crippen LogP) is 9.59. The van der Waals surface area contributed by atoms with Gasteiger partial charge in [0.25, 0.3) is 0 Å². The molecule has 184 valence electrons. The number of hydrogen-bond donors (Lipinski definition) is 0. The summed E-state index contributed by atoms with van der Waals surface area (Å²) in [6.45, 7) is 0. The minimum atomic E-state index is 0.877. The molecule has 0 unspecified atom stereocenters. The minimum Gasteiger partial charge on any atom is -0.311 e. The lowest BCUT2D eigenvalue weighted by molar-refractivity contribution is 1.27. The Balaban J connectivity index is 1.39. The molecule has 0 aliphatic rings. The summed E-state index contributed by atoms with van der Waals surface area (Å²) in [6, 6.07) is 52.5. The van der Waals surface area contributed by atoms with Crippen LogP contribution in [-0.4, -0.2) is 9.97 Å². The minimum absolute atomic E-state index is 0.877. The lowest BCUT2D eigenvalue weighted by atomic mass is 9.98. The summed E-state index contributed by atoms with van der Waals surface area (Å²) < 4.78 is 0. The molecular formula is C36H25N3. The van der Waals surface area contributed by atoms with E-state index in [9.17, 15) is 0 Å². The maximum Gasteiger partial charge on any atom is 0.0979 e. The van der Waals surface area contributed by atoms with Gasteiger partial charge in [0.15, 0.2) is 0 Å². The maximum atomic E-state index is 5.15. The van der Waals surface area contributed by atoms with Gasteiger partial charge < -0.3 is 4.90 Å². The summed E-state index contributed by atoms with van der Waals surface area (Å²) in [5, 5.41) is 2.36. The van der Waals surface area contributed by atoms with Gasteiger partial charge in [-0.1, -0.05) is 103 Å². The third-order valence-electron chi connectivity index (χ3n) is 7.04. The first-order valence-corrected chi connectivity index (χ1v) is 13.1. The summed E-state index contributed by atoms with van der Waals surface area (Å²) in [4.78, 5) is 12.6. The first-order valence-electron chi connectivity index (χ1n) is 13.1. The third kappa shape index (κ3) is 4.30. The SMILES string of the molecule is c1ccc(N(c2ccccc2)c2ccc(-c3nc4ccccc4nc3-c3cccc4ccccc34)cc2)cc1. The Labute approximate surface area is 227 Å². The van der Waals surface area contributed by atoms with Gasteiger partial charge in [-0.15, -0.1) is 0 Å². The lowest BCUT2D eigenvalue weighted by Gasteiger charge is -2.25. The molecule has 7 rings (SSSR count). The highest BCUT2D eigenvalue weighted by atomic mass is 15.1. The topological polar surface area (TPSA) is 29.0 Å². The first kappa shape index (κ1) is 22.9. The molecule has 3 heteroatoms. The summed E-state index contributed by atoms with van der Waals surface area (Å²) in [7, 11) is 0. The number of fused-ring (bicyclic) bond motifs is 2. The summed E-state index contributed by atoms with van der Waals surface area (Å²) in [5.41, 5.74) is 8.95. The third-order valence-corrected chi connectivity index (χ3v) is 7.04. The van der Waals surface area contributed by atoms with Gasteiger partial charge in [0.1, 0.15) is 0 Å².